The summed E-state index contributed by atoms with van der Waals surface area (Å²) < 4.78 is 11.0. The number of rotatable bonds is 9. The fourth-order valence-corrected chi connectivity index (χ4v) is 2.10. The van der Waals surface area contributed by atoms with Crippen molar-refractivity contribution in [1.82, 2.24) is 0 Å². The number of aryl methyl sites for hydroxylation is 1. The van der Waals surface area contributed by atoms with Gasteiger partial charge < -0.3 is 14.6 Å². The van der Waals surface area contributed by atoms with Crippen LogP contribution in [0.2, 0.25) is 0 Å². The van der Waals surface area contributed by atoms with Gasteiger partial charge in [-0.2, -0.15) is 0 Å². The lowest BCUT2D eigenvalue weighted by Crippen LogP contribution is -2.28. The van der Waals surface area contributed by atoms with E-state index in [1.165, 1.54) is 0 Å². The van der Waals surface area contributed by atoms with Crippen molar-refractivity contribution < 1.29 is 19.4 Å². The van der Waals surface area contributed by atoms with E-state index in [1.807, 2.05) is 61.5 Å². The van der Waals surface area contributed by atoms with Crippen LogP contribution in [0.25, 0.3) is 6.08 Å². The lowest BCUT2D eigenvalue weighted by molar-refractivity contribution is -0.145. The first-order valence-corrected chi connectivity index (χ1v) is 7.90. The van der Waals surface area contributed by atoms with Crippen LogP contribution in [-0.4, -0.2) is 30.4 Å². The van der Waals surface area contributed by atoms with Gasteiger partial charge in [0.15, 0.2) is 6.10 Å². The number of aliphatic carboxylic acids is 1. The van der Waals surface area contributed by atoms with E-state index >= 15 is 0 Å². The van der Waals surface area contributed by atoms with Crippen LogP contribution >= 0.6 is 0 Å². The highest BCUT2D eigenvalue weighted by Crippen LogP contribution is 2.15. The van der Waals surface area contributed by atoms with E-state index in [4.69, 9.17) is 9.47 Å². The van der Waals surface area contributed by atoms with Crippen LogP contribution < -0.4 is 4.74 Å². The lowest BCUT2D eigenvalue weighted by Gasteiger charge is -2.15. The molecule has 2 aromatic rings. The molecule has 0 bridgehead atoms. The maximum atomic E-state index is 11.3. The third kappa shape index (κ3) is 6.26. The van der Waals surface area contributed by atoms with Crippen molar-refractivity contribution in [3.8, 4) is 5.75 Å². The molecule has 0 saturated heterocycles. The lowest BCUT2D eigenvalue weighted by atomic mass is 10.2. The fourth-order valence-electron chi connectivity index (χ4n) is 2.10. The van der Waals surface area contributed by atoms with Crippen LogP contribution in [0.4, 0.5) is 0 Å². The minimum absolute atomic E-state index is 0.294. The van der Waals surface area contributed by atoms with E-state index in [0.717, 1.165) is 11.1 Å². The Morgan fingerprint density at radius 2 is 1.83 bits per heavy atom. The van der Waals surface area contributed by atoms with Gasteiger partial charge in [0.25, 0.3) is 0 Å². The highest BCUT2D eigenvalue weighted by atomic mass is 16.5. The SMILES string of the molecule is Cc1ccc(OC(CCOC/C=C/c2ccccc2)C(=O)O)cc1. The van der Waals surface area contributed by atoms with Crippen molar-refractivity contribution in [2.45, 2.75) is 19.4 Å². The predicted molar refractivity (Wildman–Crippen MR) is 94.1 cm³/mol. The molecule has 2 aromatic carbocycles. The Hall–Kier alpha value is -2.59. The Labute approximate surface area is 142 Å². The van der Waals surface area contributed by atoms with Gasteiger partial charge in [-0.1, -0.05) is 60.2 Å². The van der Waals surface area contributed by atoms with Gasteiger partial charge in [-0.3, -0.25) is 0 Å². The van der Waals surface area contributed by atoms with Crippen LogP contribution in [-0.2, 0) is 9.53 Å². The normalized spacial score (nSPS) is 12.2. The summed E-state index contributed by atoms with van der Waals surface area (Å²) in [7, 11) is 0. The van der Waals surface area contributed by atoms with Crippen molar-refractivity contribution in [1.29, 1.82) is 0 Å². The molecular formula is C20H22O4. The molecule has 0 aliphatic carbocycles. The van der Waals surface area contributed by atoms with Crippen molar-refractivity contribution in [3.05, 3.63) is 71.8 Å². The number of hydrogen-bond donors (Lipinski definition) is 1. The Balaban J connectivity index is 1.72. The summed E-state index contributed by atoms with van der Waals surface area (Å²) in [4.78, 5) is 11.3. The summed E-state index contributed by atoms with van der Waals surface area (Å²) in [5, 5.41) is 9.25. The summed E-state index contributed by atoms with van der Waals surface area (Å²) in [6.07, 6.45) is 3.26. The van der Waals surface area contributed by atoms with E-state index in [2.05, 4.69) is 0 Å². The third-order valence-electron chi connectivity index (χ3n) is 3.42. The van der Waals surface area contributed by atoms with Gasteiger partial charge in [0, 0.05) is 6.42 Å². The molecule has 1 atom stereocenters. The van der Waals surface area contributed by atoms with Crippen LogP contribution in [0.15, 0.2) is 60.7 Å². The molecule has 4 nitrogen and oxygen atoms in total. The summed E-state index contributed by atoms with van der Waals surface area (Å²) in [5.41, 5.74) is 2.20. The standard InChI is InChI=1S/C20H22O4/c1-16-9-11-18(12-10-16)24-19(20(21)22)13-15-23-14-5-8-17-6-3-2-4-7-17/h2-12,19H,13-15H2,1H3,(H,21,22)/b8-5+. The molecular weight excluding hydrogens is 304 g/mol. The average molecular weight is 326 g/mol. The smallest absolute Gasteiger partial charge is 0.344 e. The van der Waals surface area contributed by atoms with Gasteiger partial charge in [0.1, 0.15) is 5.75 Å². The van der Waals surface area contributed by atoms with Crippen molar-refractivity contribution in [2.75, 3.05) is 13.2 Å². The molecule has 2 rings (SSSR count). The van der Waals surface area contributed by atoms with E-state index < -0.39 is 12.1 Å². The van der Waals surface area contributed by atoms with Gasteiger partial charge >= 0.3 is 5.97 Å². The molecule has 0 heterocycles. The minimum Gasteiger partial charge on any atom is -0.479 e. The van der Waals surface area contributed by atoms with Gasteiger partial charge in [-0.15, -0.1) is 0 Å². The molecule has 0 amide bonds. The van der Waals surface area contributed by atoms with Crippen LogP contribution in [0.5, 0.6) is 5.75 Å². The Morgan fingerprint density at radius 3 is 2.50 bits per heavy atom. The monoisotopic (exact) mass is 326 g/mol. The number of carbonyl (C=O) groups is 1. The van der Waals surface area contributed by atoms with Crippen LogP contribution in [0.3, 0.4) is 0 Å². The van der Waals surface area contributed by atoms with Gasteiger partial charge in [-0.05, 0) is 24.6 Å². The summed E-state index contributed by atoms with van der Waals surface area (Å²) in [6.45, 7) is 2.73. The van der Waals surface area contributed by atoms with Gasteiger partial charge in [0.2, 0.25) is 0 Å². The summed E-state index contributed by atoms with van der Waals surface area (Å²) in [5.74, 6) is -0.434. The third-order valence-corrected chi connectivity index (χ3v) is 3.42. The molecule has 0 spiro atoms. The molecule has 126 valence electrons. The molecule has 1 N–H and O–H groups in total. The van der Waals surface area contributed by atoms with Gasteiger partial charge in [0.05, 0.1) is 13.2 Å². The number of carboxylic acids is 1. The molecule has 0 aliphatic rings. The van der Waals surface area contributed by atoms with E-state index in [1.54, 1.807) is 12.1 Å². The zero-order chi connectivity index (χ0) is 17.2. The van der Waals surface area contributed by atoms with Crippen molar-refractivity contribution in [2.24, 2.45) is 0 Å². The molecule has 4 heteroatoms. The zero-order valence-corrected chi connectivity index (χ0v) is 13.7. The first kappa shape index (κ1) is 17.8. The maximum Gasteiger partial charge on any atom is 0.344 e. The largest absolute Gasteiger partial charge is 0.479 e. The number of hydrogen-bond acceptors (Lipinski definition) is 3. The maximum absolute atomic E-state index is 11.3. The second-order valence-electron chi connectivity index (χ2n) is 5.43. The Kier molecular flexibility index (Phi) is 7.05. The predicted octanol–water partition coefficient (Wildman–Crippen LogP) is 3.95. The first-order valence-electron chi connectivity index (χ1n) is 7.90. The Bertz CT molecular complexity index is 647. The zero-order valence-electron chi connectivity index (χ0n) is 13.7. The average Bonchev–Trinajstić information content (AvgIpc) is 2.59. The molecule has 0 aromatic heterocycles. The second kappa shape index (κ2) is 9.53. The van der Waals surface area contributed by atoms with Crippen LogP contribution in [0.1, 0.15) is 17.5 Å². The topological polar surface area (TPSA) is 55.8 Å². The second-order valence-corrected chi connectivity index (χ2v) is 5.43. The van der Waals surface area contributed by atoms with Crippen LogP contribution in [0, 0.1) is 6.92 Å². The minimum atomic E-state index is -0.987. The summed E-state index contributed by atoms with van der Waals surface area (Å²) >= 11 is 0. The number of carboxylic acid groups (broad SMARTS) is 1. The van der Waals surface area contributed by atoms with Crippen molar-refractivity contribution >= 4 is 12.0 Å². The van der Waals surface area contributed by atoms with E-state index in [9.17, 15) is 9.90 Å². The first-order chi connectivity index (χ1) is 11.6. The highest BCUT2D eigenvalue weighted by Gasteiger charge is 2.19. The molecule has 0 aliphatic heterocycles. The highest BCUT2D eigenvalue weighted by molar-refractivity contribution is 5.72. The molecule has 0 fully saturated rings. The van der Waals surface area contributed by atoms with Gasteiger partial charge in [-0.25, -0.2) is 4.79 Å². The number of ether oxygens (including phenoxy) is 2. The molecule has 24 heavy (non-hydrogen) atoms. The number of benzene rings is 2. The van der Waals surface area contributed by atoms with E-state index in [-0.39, 0.29) is 0 Å². The molecule has 0 saturated carbocycles. The summed E-state index contributed by atoms with van der Waals surface area (Å²) in [6, 6.07) is 17.2. The fraction of sp³-hybridized carbons (Fsp3) is 0.250. The van der Waals surface area contributed by atoms with E-state index in [0.29, 0.717) is 25.4 Å². The Morgan fingerprint density at radius 1 is 1.12 bits per heavy atom. The quantitative estimate of drug-likeness (QED) is 0.709. The molecule has 1 unspecified atom stereocenters. The molecule has 0 radical (unpaired) electrons. The van der Waals surface area contributed by atoms with Crippen molar-refractivity contribution in [3.63, 3.8) is 0 Å².